The largest absolute Gasteiger partial charge is 0.440 e. The number of halogens is 1. The van der Waals surface area contributed by atoms with Crippen LogP contribution in [0.25, 0.3) is 0 Å². The summed E-state index contributed by atoms with van der Waals surface area (Å²) in [5.41, 5.74) is 6.76. The predicted molar refractivity (Wildman–Crippen MR) is 86.8 cm³/mol. The Morgan fingerprint density at radius 3 is 2.75 bits per heavy atom. The Morgan fingerprint density at radius 2 is 2.12 bits per heavy atom. The molecule has 1 aromatic heterocycles. The van der Waals surface area contributed by atoms with E-state index in [4.69, 9.17) is 10.5 Å². The van der Waals surface area contributed by atoms with Crippen LogP contribution < -0.4 is 16.0 Å². The molecule has 1 aromatic carbocycles. The van der Waals surface area contributed by atoms with Crippen molar-refractivity contribution in [2.75, 3.05) is 0 Å². The van der Waals surface area contributed by atoms with Crippen LogP contribution in [0.3, 0.4) is 0 Å². The van der Waals surface area contributed by atoms with E-state index in [2.05, 4.69) is 0 Å². The standard InChI is InChI=1S/C18H16FN3O2/c1-3-22-10(2)8-14-16(18(22)23)15(12(9-20)17(21)24-14)11-6-4-5-7-13(11)19/h4-8,15H,3,21H2,1-2H3/t15-/m1/s1. The SMILES string of the molecule is CCn1c(C)cc2c(c1=O)[C@H](c1ccccc1F)C(C#N)=C(N)O2. The zero-order chi connectivity index (χ0) is 17.4. The fraction of sp³-hybridized carbons (Fsp3) is 0.222. The molecule has 6 heteroatoms. The molecule has 3 rings (SSSR count). The molecule has 2 aromatic rings. The van der Waals surface area contributed by atoms with Crippen molar-refractivity contribution in [3.05, 3.63) is 74.8 Å². The number of pyridine rings is 1. The topological polar surface area (TPSA) is 81.0 Å². The summed E-state index contributed by atoms with van der Waals surface area (Å²) in [5.74, 6) is -1.22. The molecule has 0 saturated carbocycles. The van der Waals surface area contributed by atoms with E-state index >= 15 is 0 Å². The molecule has 2 heterocycles. The molecule has 0 unspecified atom stereocenters. The van der Waals surface area contributed by atoms with Gasteiger partial charge in [-0.2, -0.15) is 5.26 Å². The van der Waals surface area contributed by atoms with Crippen molar-refractivity contribution in [1.82, 2.24) is 4.57 Å². The average Bonchev–Trinajstić information content (AvgIpc) is 2.54. The van der Waals surface area contributed by atoms with E-state index < -0.39 is 11.7 Å². The Labute approximate surface area is 138 Å². The fourth-order valence-electron chi connectivity index (χ4n) is 3.10. The Bertz CT molecular complexity index is 954. The van der Waals surface area contributed by atoms with E-state index in [0.29, 0.717) is 12.2 Å². The smallest absolute Gasteiger partial charge is 0.258 e. The molecule has 1 aliphatic heterocycles. The number of ether oxygens (including phenoxy) is 1. The van der Waals surface area contributed by atoms with E-state index in [0.717, 1.165) is 0 Å². The van der Waals surface area contributed by atoms with Crippen LogP contribution in [0.1, 0.15) is 29.7 Å². The summed E-state index contributed by atoms with van der Waals surface area (Å²) in [6.07, 6.45) is 0. The van der Waals surface area contributed by atoms with Crippen molar-refractivity contribution in [1.29, 1.82) is 5.26 Å². The van der Waals surface area contributed by atoms with Crippen LogP contribution in [-0.2, 0) is 6.54 Å². The van der Waals surface area contributed by atoms with Gasteiger partial charge in [0, 0.05) is 23.9 Å². The highest BCUT2D eigenvalue weighted by Crippen LogP contribution is 2.41. The number of benzene rings is 1. The number of hydrogen-bond donors (Lipinski definition) is 1. The first-order valence-electron chi connectivity index (χ1n) is 7.55. The van der Waals surface area contributed by atoms with Gasteiger partial charge >= 0.3 is 0 Å². The van der Waals surface area contributed by atoms with Gasteiger partial charge in [-0.25, -0.2) is 4.39 Å². The molecule has 24 heavy (non-hydrogen) atoms. The second-order valence-corrected chi connectivity index (χ2v) is 5.56. The molecule has 0 radical (unpaired) electrons. The monoisotopic (exact) mass is 325 g/mol. The Morgan fingerprint density at radius 1 is 1.42 bits per heavy atom. The van der Waals surface area contributed by atoms with Crippen molar-refractivity contribution < 1.29 is 9.13 Å². The summed E-state index contributed by atoms with van der Waals surface area (Å²) < 4.78 is 21.4. The molecular weight excluding hydrogens is 309 g/mol. The predicted octanol–water partition coefficient (Wildman–Crippen LogP) is 2.53. The maximum atomic E-state index is 14.4. The number of aromatic nitrogens is 1. The number of nitriles is 1. The Balaban J connectivity index is 2.39. The van der Waals surface area contributed by atoms with Crippen LogP contribution in [0, 0.1) is 24.1 Å². The lowest BCUT2D eigenvalue weighted by Crippen LogP contribution is -2.32. The van der Waals surface area contributed by atoms with E-state index in [-0.39, 0.29) is 33.9 Å². The van der Waals surface area contributed by atoms with Gasteiger partial charge in [-0.15, -0.1) is 0 Å². The van der Waals surface area contributed by atoms with Gasteiger partial charge in [0.15, 0.2) is 0 Å². The van der Waals surface area contributed by atoms with Gasteiger partial charge in [-0.3, -0.25) is 4.79 Å². The summed E-state index contributed by atoms with van der Waals surface area (Å²) in [5, 5.41) is 9.48. The maximum Gasteiger partial charge on any atom is 0.258 e. The summed E-state index contributed by atoms with van der Waals surface area (Å²) >= 11 is 0. The van der Waals surface area contributed by atoms with Crippen LogP contribution in [0.4, 0.5) is 4.39 Å². The number of allylic oxidation sites excluding steroid dienone is 1. The minimum Gasteiger partial charge on any atom is -0.440 e. The van der Waals surface area contributed by atoms with Crippen molar-refractivity contribution in [3.63, 3.8) is 0 Å². The van der Waals surface area contributed by atoms with Gasteiger partial charge in [-0.1, -0.05) is 18.2 Å². The molecule has 0 spiro atoms. The zero-order valence-electron chi connectivity index (χ0n) is 13.3. The van der Waals surface area contributed by atoms with Gasteiger partial charge in [0.05, 0.1) is 11.5 Å². The van der Waals surface area contributed by atoms with Gasteiger partial charge < -0.3 is 15.0 Å². The first kappa shape index (κ1) is 15.8. The van der Waals surface area contributed by atoms with Crippen LogP contribution in [-0.4, -0.2) is 4.57 Å². The van der Waals surface area contributed by atoms with E-state index in [9.17, 15) is 14.4 Å². The summed E-state index contributed by atoms with van der Waals surface area (Å²) in [7, 11) is 0. The van der Waals surface area contributed by atoms with Crippen molar-refractivity contribution >= 4 is 0 Å². The molecule has 0 amide bonds. The highest BCUT2D eigenvalue weighted by molar-refractivity contribution is 5.55. The number of hydrogen-bond acceptors (Lipinski definition) is 4. The Kier molecular flexibility index (Phi) is 3.86. The highest BCUT2D eigenvalue weighted by atomic mass is 19.1. The molecular formula is C18H16FN3O2. The molecule has 2 N–H and O–H groups in total. The summed E-state index contributed by atoms with van der Waals surface area (Å²) in [6, 6.07) is 9.71. The molecule has 122 valence electrons. The van der Waals surface area contributed by atoms with Crippen LogP contribution in [0.15, 0.2) is 46.6 Å². The second kappa shape index (κ2) is 5.85. The quantitative estimate of drug-likeness (QED) is 0.920. The van der Waals surface area contributed by atoms with Crippen molar-refractivity contribution in [2.24, 2.45) is 5.73 Å². The van der Waals surface area contributed by atoms with Crippen LogP contribution >= 0.6 is 0 Å². The lowest BCUT2D eigenvalue weighted by atomic mass is 9.83. The van der Waals surface area contributed by atoms with Gasteiger partial charge in [0.25, 0.3) is 5.56 Å². The van der Waals surface area contributed by atoms with Gasteiger partial charge in [0.2, 0.25) is 5.88 Å². The number of aryl methyl sites for hydroxylation is 1. The third-order valence-electron chi connectivity index (χ3n) is 4.22. The lowest BCUT2D eigenvalue weighted by Gasteiger charge is -2.27. The fourth-order valence-corrected chi connectivity index (χ4v) is 3.10. The first-order valence-corrected chi connectivity index (χ1v) is 7.55. The van der Waals surface area contributed by atoms with E-state index in [1.165, 1.54) is 6.07 Å². The summed E-state index contributed by atoms with van der Waals surface area (Å²) in [4.78, 5) is 12.9. The third-order valence-corrected chi connectivity index (χ3v) is 4.22. The first-order chi connectivity index (χ1) is 11.5. The minimum atomic E-state index is -0.883. The number of nitrogens with zero attached hydrogens (tertiary/aromatic N) is 2. The van der Waals surface area contributed by atoms with Crippen molar-refractivity contribution in [2.45, 2.75) is 26.3 Å². The molecule has 1 atom stereocenters. The Hall–Kier alpha value is -3.07. The van der Waals surface area contributed by atoms with Gasteiger partial charge in [0.1, 0.15) is 23.2 Å². The molecule has 0 bridgehead atoms. The summed E-state index contributed by atoms with van der Waals surface area (Å²) in [6.45, 7) is 4.09. The number of nitrogens with two attached hydrogens (primary N) is 1. The second-order valence-electron chi connectivity index (χ2n) is 5.56. The number of fused-ring (bicyclic) bond motifs is 1. The molecule has 5 nitrogen and oxygen atoms in total. The molecule has 1 aliphatic rings. The normalized spacial score (nSPS) is 16.3. The zero-order valence-corrected chi connectivity index (χ0v) is 13.3. The lowest BCUT2D eigenvalue weighted by molar-refractivity contribution is 0.387. The maximum absolute atomic E-state index is 14.4. The average molecular weight is 325 g/mol. The molecule has 0 saturated heterocycles. The molecule has 0 aliphatic carbocycles. The van der Waals surface area contributed by atoms with Crippen LogP contribution in [0.2, 0.25) is 0 Å². The van der Waals surface area contributed by atoms with E-state index in [1.54, 1.807) is 35.8 Å². The third kappa shape index (κ3) is 2.26. The van der Waals surface area contributed by atoms with E-state index in [1.807, 2.05) is 13.0 Å². The van der Waals surface area contributed by atoms with Gasteiger partial charge in [-0.05, 0) is 19.9 Å². The van der Waals surface area contributed by atoms with Crippen LogP contribution in [0.5, 0.6) is 5.75 Å². The molecule has 0 fully saturated rings. The number of rotatable bonds is 2. The van der Waals surface area contributed by atoms with Crippen molar-refractivity contribution in [3.8, 4) is 11.8 Å². The highest BCUT2D eigenvalue weighted by Gasteiger charge is 2.35. The minimum absolute atomic E-state index is 0.0382.